The van der Waals surface area contributed by atoms with Gasteiger partial charge in [-0.1, -0.05) is 30.2 Å². The van der Waals surface area contributed by atoms with Gasteiger partial charge in [0.25, 0.3) is 0 Å². The normalized spacial score (nSPS) is 18.8. The van der Waals surface area contributed by atoms with E-state index in [-0.39, 0.29) is 0 Å². The Labute approximate surface area is 115 Å². The van der Waals surface area contributed by atoms with Crippen LogP contribution in [0.5, 0.6) is 0 Å². The molecule has 1 aliphatic rings. The largest absolute Gasteiger partial charge is 0.311 e. The fraction of sp³-hybridized carbons (Fsp3) is 0.600. The molecule has 1 aliphatic heterocycles. The van der Waals surface area contributed by atoms with Crippen molar-refractivity contribution in [1.29, 1.82) is 0 Å². The van der Waals surface area contributed by atoms with E-state index in [4.69, 9.17) is 11.6 Å². The van der Waals surface area contributed by atoms with Crippen molar-refractivity contribution < 1.29 is 0 Å². The topological polar surface area (TPSA) is 15.3 Å². The number of nitrogens with zero attached hydrogens (tertiary/aromatic N) is 1. The number of rotatable bonds is 5. The summed E-state index contributed by atoms with van der Waals surface area (Å²) in [6, 6.07) is 8.71. The second-order valence-electron chi connectivity index (χ2n) is 5.20. The van der Waals surface area contributed by atoms with Gasteiger partial charge in [-0.2, -0.15) is 0 Å². The summed E-state index contributed by atoms with van der Waals surface area (Å²) in [5, 5.41) is 4.34. The molecule has 1 heterocycles. The highest BCUT2D eigenvalue weighted by Gasteiger charge is 2.15. The Balaban J connectivity index is 1.69. The van der Waals surface area contributed by atoms with Crippen LogP contribution in [0.3, 0.4) is 0 Å². The van der Waals surface area contributed by atoms with Gasteiger partial charge in [-0.25, -0.2) is 0 Å². The van der Waals surface area contributed by atoms with Crippen molar-refractivity contribution in [3.05, 3.63) is 34.9 Å². The van der Waals surface area contributed by atoms with Gasteiger partial charge in [0, 0.05) is 24.2 Å². The van der Waals surface area contributed by atoms with E-state index in [0.717, 1.165) is 18.1 Å². The summed E-state index contributed by atoms with van der Waals surface area (Å²) >= 11 is 5.87. The Hall–Kier alpha value is -0.570. The molecule has 0 bridgehead atoms. The average Bonchev–Trinajstić information content (AvgIpc) is 2.42. The average molecular weight is 267 g/mol. The molecule has 18 heavy (non-hydrogen) atoms. The van der Waals surface area contributed by atoms with E-state index in [1.165, 1.54) is 37.9 Å². The first kappa shape index (κ1) is 13.9. The van der Waals surface area contributed by atoms with E-state index in [1.54, 1.807) is 0 Å². The van der Waals surface area contributed by atoms with Gasteiger partial charge in [0.05, 0.1) is 0 Å². The maximum atomic E-state index is 5.87. The molecule has 0 aliphatic carbocycles. The van der Waals surface area contributed by atoms with Crippen molar-refractivity contribution in [3.63, 3.8) is 0 Å². The molecule has 2 nitrogen and oxygen atoms in total. The summed E-state index contributed by atoms with van der Waals surface area (Å²) < 4.78 is 0. The van der Waals surface area contributed by atoms with Crippen molar-refractivity contribution in [2.24, 2.45) is 0 Å². The van der Waals surface area contributed by atoms with Gasteiger partial charge in [-0.3, -0.25) is 4.90 Å². The predicted molar refractivity (Wildman–Crippen MR) is 78.0 cm³/mol. The number of likely N-dealkylation sites (tertiary alicyclic amines) is 1. The third-order valence-electron chi connectivity index (χ3n) is 3.70. The van der Waals surface area contributed by atoms with Crippen LogP contribution in [0, 0.1) is 0 Å². The van der Waals surface area contributed by atoms with E-state index in [0.29, 0.717) is 6.04 Å². The van der Waals surface area contributed by atoms with Crippen molar-refractivity contribution in [2.75, 3.05) is 19.6 Å². The molecule has 3 heteroatoms. The summed E-state index contributed by atoms with van der Waals surface area (Å²) in [7, 11) is 0. The summed E-state index contributed by atoms with van der Waals surface area (Å²) in [4.78, 5) is 2.60. The molecule has 1 unspecified atom stereocenters. The first-order valence-electron chi connectivity index (χ1n) is 6.95. The highest BCUT2D eigenvalue weighted by molar-refractivity contribution is 6.30. The number of hydrogen-bond acceptors (Lipinski definition) is 2. The zero-order chi connectivity index (χ0) is 12.8. The Bertz CT molecular complexity index is 344. The molecule has 1 aromatic rings. The van der Waals surface area contributed by atoms with E-state index >= 15 is 0 Å². The third-order valence-corrected chi connectivity index (χ3v) is 3.95. The molecule has 0 aromatic heterocycles. The zero-order valence-electron chi connectivity index (χ0n) is 11.2. The molecule has 0 radical (unpaired) electrons. The lowest BCUT2D eigenvalue weighted by Crippen LogP contribution is -2.42. The SMILES string of the molecule is CC(CNCc1ccc(Cl)cc1)N1CCCCC1. The van der Waals surface area contributed by atoms with Crippen molar-refractivity contribution >= 4 is 11.6 Å². The minimum absolute atomic E-state index is 0.637. The monoisotopic (exact) mass is 266 g/mol. The van der Waals surface area contributed by atoms with Crippen molar-refractivity contribution in [1.82, 2.24) is 10.2 Å². The second kappa shape index (κ2) is 7.13. The Morgan fingerprint density at radius 3 is 2.50 bits per heavy atom. The van der Waals surface area contributed by atoms with E-state index in [2.05, 4.69) is 29.3 Å². The Kier molecular flexibility index (Phi) is 5.48. The Morgan fingerprint density at radius 1 is 1.17 bits per heavy atom. The summed E-state index contributed by atoms with van der Waals surface area (Å²) in [6.45, 7) is 6.84. The molecular weight excluding hydrogens is 244 g/mol. The van der Waals surface area contributed by atoms with E-state index < -0.39 is 0 Å². The second-order valence-corrected chi connectivity index (χ2v) is 5.64. The highest BCUT2D eigenvalue weighted by atomic mass is 35.5. The fourth-order valence-electron chi connectivity index (χ4n) is 2.52. The first-order chi connectivity index (χ1) is 8.75. The molecule has 0 spiro atoms. The fourth-order valence-corrected chi connectivity index (χ4v) is 2.64. The molecule has 1 N–H and O–H groups in total. The predicted octanol–water partition coefficient (Wildman–Crippen LogP) is 3.30. The van der Waals surface area contributed by atoms with Gasteiger partial charge in [-0.05, 0) is 50.6 Å². The van der Waals surface area contributed by atoms with Crippen LogP contribution in [-0.4, -0.2) is 30.6 Å². The van der Waals surface area contributed by atoms with Gasteiger partial charge >= 0.3 is 0 Å². The standard InChI is InChI=1S/C15H23ClN2/c1-13(18-9-3-2-4-10-18)11-17-12-14-5-7-15(16)8-6-14/h5-8,13,17H,2-4,9-12H2,1H3. The lowest BCUT2D eigenvalue weighted by molar-refractivity contribution is 0.170. The molecule has 0 amide bonds. The molecular formula is C15H23ClN2. The van der Waals surface area contributed by atoms with Gasteiger partial charge in [0.1, 0.15) is 0 Å². The smallest absolute Gasteiger partial charge is 0.0406 e. The maximum Gasteiger partial charge on any atom is 0.0406 e. The van der Waals surface area contributed by atoms with Crippen molar-refractivity contribution in [2.45, 2.75) is 38.8 Å². The summed E-state index contributed by atoms with van der Waals surface area (Å²) in [6.07, 6.45) is 4.13. The number of halogens is 1. The summed E-state index contributed by atoms with van der Waals surface area (Å²) in [5.74, 6) is 0. The van der Waals surface area contributed by atoms with Crippen LogP contribution in [0.4, 0.5) is 0 Å². The van der Waals surface area contributed by atoms with Gasteiger partial charge in [0.15, 0.2) is 0 Å². The molecule has 0 saturated carbocycles. The Morgan fingerprint density at radius 2 is 1.83 bits per heavy atom. The third kappa shape index (κ3) is 4.27. The molecule has 1 aromatic carbocycles. The number of nitrogens with one attached hydrogen (secondary N) is 1. The van der Waals surface area contributed by atoms with Gasteiger partial charge in [0.2, 0.25) is 0 Å². The zero-order valence-corrected chi connectivity index (χ0v) is 11.9. The molecule has 2 rings (SSSR count). The van der Waals surface area contributed by atoms with Crippen molar-refractivity contribution in [3.8, 4) is 0 Å². The van der Waals surface area contributed by atoms with E-state index in [1.807, 2.05) is 12.1 Å². The van der Waals surface area contributed by atoms with Gasteiger partial charge in [-0.15, -0.1) is 0 Å². The van der Waals surface area contributed by atoms with E-state index in [9.17, 15) is 0 Å². The molecule has 1 fully saturated rings. The lowest BCUT2D eigenvalue weighted by Gasteiger charge is -2.32. The quantitative estimate of drug-likeness (QED) is 0.880. The van der Waals surface area contributed by atoms with Crippen LogP contribution in [0.15, 0.2) is 24.3 Å². The minimum Gasteiger partial charge on any atom is -0.311 e. The van der Waals surface area contributed by atoms with Crippen LogP contribution in [0.25, 0.3) is 0 Å². The van der Waals surface area contributed by atoms with Crippen LogP contribution >= 0.6 is 11.6 Å². The van der Waals surface area contributed by atoms with Crippen LogP contribution in [-0.2, 0) is 6.54 Å². The number of hydrogen-bond donors (Lipinski definition) is 1. The molecule has 1 saturated heterocycles. The van der Waals surface area contributed by atoms with Crippen LogP contribution < -0.4 is 5.32 Å². The summed E-state index contributed by atoms with van der Waals surface area (Å²) in [5.41, 5.74) is 1.30. The van der Waals surface area contributed by atoms with Crippen LogP contribution in [0.1, 0.15) is 31.7 Å². The number of piperidine rings is 1. The molecule has 1 atom stereocenters. The maximum absolute atomic E-state index is 5.87. The lowest BCUT2D eigenvalue weighted by atomic mass is 10.1. The highest BCUT2D eigenvalue weighted by Crippen LogP contribution is 2.12. The first-order valence-corrected chi connectivity index (χ1v) is 7.33. The van der Waals surface area contributed by atoms with Crippen LogP contribution in [0.2, 0.25) is 5.02 Å². The van der Waals surface area contributed by atoms with Gasteiger partial charge < -0.3 is 5.32 Å². The molecule has 100 valence electrons. The number of benzene rings is 1. The minimum atomic E-state index is 0.637.